The Bertz CT molecular complexity index is 453. The van der Waals surface area contributed by atoms with E-state index >= 15 is 0 Å². The van der Waals surface area contributed by atoms with Crippen LogP contribution in [0.15, 0.2) is 18.2 Å². The van der Waals surface area contributed by atoms with E-state index in [2.05, 4.69) is 0 Å². The molecule has 0 saturated carbocycles. The van der Waals surface area contributed by atoms with Gasteiger partial charge in [-0.05, 0) is 13.0 Å². The monoisotopic (exact) mass is 236 g/mol. The van der Waals surface area contributed by atoms with Gasteiger partial charge in [0.15, 0.2) is 0 Å². The van der Waals surface area contributed by atoms with E-state index in [0.29, 0.717) is 12.4 Å². The summed E-state index contributed by atoms with van der Waals surface area (Å²) < 4.78 is 10.3. The van der Waals surface area contributed by atoms with Crippen LogP contribution in [0.2, 0.25) is 0 Å². The van der Waals surface area contributed by atoms with Crippen LogP contribution in [0.3, 0.4) is 0 Å². The molecule has 0 heterocycles. The van der Waals surface area contributed by atoms with Gasteiger partial charge < -0.3 is 9.47 Å². The van der Waals surface area contributed by atoms with Gasteiger partial charge in [0.05, 0.1) is 11.5 Å². The van der Waals surface area contributed by atoms with E-state index in [-0.39, 0.29) is 17.4 Å². The van der Waals surface area contributed by atoms with E-state index in [1.54, 1.807) is 14.0 Å². The number of hydrogen-bond acceptors (Lipinski definition) is 5. The zero-order chi connectivity index (χ0) is 12.8. The number of nitro groups is 1. The van der Waals surface area contributed by atoms with Crippen LogP contribution >= 0.6 is 0 Å². The molecule has 0 radical (unpaired) electrons. The molecule has 17 heavy (non-hydrogen) atoms. The predicted molar refractivity (Wildman–Crippen MR) is 59.8 cm³/mol. The van der Waals surface area contributed by atoms with Crippen molar-refractivity contribution < 1.29 is 14.4 Å². The van der Waals surface area contributed by atoms with E-state index in [0.717, 1.165) is 0 Å². The summed E-state index contributed by atoms with van der Waals surface area (Å²) in [5.74, 6) is 0.322. The Morgan fingerprint density at radius 2 is 2.29 bits per heavy atom. The van der Waals surface area contributed by atoms with Crippen LogP contribution in [0.5, 0.6) is 5.75 Å². The van der Waals surface area contributed by atoms with Crippen molar-refractivity contribution in [1.29, 1.82) is 5.26 Å². The molecule has 1 aromatic rings. The summed E-state index contributed by atoms with van der Waals surface area (Å²) in [6, 6.07) is 5.78. The van der Waals surface area contributed by atoms with Crippen molar-refractivity contribution in [1.82, 2.24) is 0 Å². The maximum absolute atomic E-state index is 10.5. The van der Waals surface area contributed by atoms with Gasteiger partial charge in [0, 0.05) is 19.2 Å². The van der Waals surface area contributed by atoms with E-state index < -0.39 is 4.92 Å². The molecular weight excluding hydrogens is 224 g/mol. The number of nitrogens with zero attached hydrogens (tertiary/aromatic N) is 2. The van der Waals surface area contributed by atoms with E-state index in [1.165, 1.54) is 18.2 Å². The van der Waals surface area contributed by atoms with Crippen LogP contribution in [0.1, 0.15) is 12.5 Å². The van der Waals surface area contributed by atoms with Gasteiger partial charge in [-0.1, -0.05) is 0 Å². The number of ether oxygens (including phenoxy) is 2. The summed E-state index contributed by atoms with van der Waals surface area (Å²) in [6.45, 7) is 2.16. The van der Waals surface area contributed by atoms with Crippen molar-refractivity contribution in [2.45, 2.75) is 13.0 Å². The lowest BCUT2D eigenvalue weighted by Crippen LogP contribution is -2.18. The van der Waals surface area contributed by atoms with E-state index in [9.17, 15) is 10.1 Å². The zero-order valence-corrected chi connectivity index (χ0v) is 9.54. The topological polar surface area (TPSA) is 85.4 Å². The molecule has 0 aliphatic rings. The summed E-state index contributed by atoms with van der Waals surface area (Å²) in [6.07, 6.45) is -0.228. The highest BCUT2D eigenvalue weighted by Crippen LogP contribution is 2.24. The highest BCUT2D eigenvalue weighted by Gasteiger charge is 2.13. The highest BCUT2D eigenvalue weighted by molar-refractivity contribution is 5.50. The lowest BCUT2D eigenvalue weighted by Gasteiger charge is -2.14. The molecule has 1 atom stereocenters. The molecule has 0 aliphatic heterocycles. The Morgan fingerprint density at radius 3 is 2.82 bits per heavy atom. The van der Waals surface area contributed by atoms with Crippen molar-refractivity contribution >= 4 is 5.69 Å². The Balaban J connectivity index is 2.94. The number of methoxy groups -OCH3 is 1. The smallest absolute Gasteiger partial charge is 0.271 e. The molecule has 90 valence electrons. The molecule has 0 bridgehead atoms. The zero-order valence-electron chi connectivity index (χ0n) is 9.54. The van der Waals surface area contributed by atoms with Crippen molar-refractivity contribution in [3.63, 3.8) is 0 Å². The molecule has 6 heteroatoms. The molecule has 0 amide bonds. The van der Waals surface area contributed by atoms with Gasteiger partial charge in [0.25, 0.3) is 5.69 Å². The van der Waals surface area contributed by atoms with E-state index in [1.807, 2.05) is 6.07 Å². The van der Waals surface area contributed by atoms with Crippen LogP contribution < -0.4 is 4.74 Å². The minimum atomic E-state index is -0.552. The Labute approximate surface area is 98.5 Å². The minimum Gasteiger partial charge on any atom is -0.487 e. The van der Waals surface area contributed by atoms with Gasteiger partial charge in [-0.2, -0.15) is 5.26 Å². The summed E-state index contributed by atoms with van der Waals surface area (Å²) in [7, 11) is 1.54. The summed E-state index contributed by atoms with van der Waals surface area (Å²) >= 11 is 0. The second-order valence-corrected chi connectivity index (χ2v) is 3.43. The summed E-state index contributed by atoms with van der Waals surface area (Å²) in [5, 5.41) is 19.4. The third-order valence-electron chi connectivity index (χ3n) is 2.02. The molecule has 0 saturated heterocycles. The molecule has 1 aromatic carbocycles. The number of rotatable bonds is 5. The number of nitriles is 1. The van der Waals surface area contributed by atoms with Crippen molar-refractivity contribution in [3.05, 3.63) is 33.9 Å². The molecule has 0 N–H and O–H groups in total. The summed E-state index contributed by atoms with van der Waals surface area (Å²) in [4.78, 5) is 9.99. The average Bonchev–Trinajstić information content (AvgIpc) is 2.29. The fraction of sp³-hybridized carbons (Fsp3) is 0.364. The normalized spacial score (nSPS) is 11.6. The minimum absolute atomic E-state index is 0.131. The van der Waals surface area contributed by atoms with Crippen LogP contribution in [0, 0.1) is 21.4 Å². The molecule has 1 rings (SSSR count). The highest BCUT2D eigenvalue weighted by atomic mass is 16.6. The number of hydrogen-bond donors (Lipinski definition) is 0. The predicted octanol–water partition coefficient (Wildman–Crippen LogP) is 1.88. The number of nitro benzene ring substituents is 1. The van der Waals surface area contributed by atoms with Crippen LogP contribution in [-0.2, 0) is 4.74 Å². The Kier molecular flexibility index (Phi) is 4.43. The van der Waals surface area contributed by atoms with Gasteiger partial charge in [-0.15, -0.1) is 0 Å². The quantitative estimate of drug-likeness (QED) is 0.575. The molecule has 0 aromatic heterocycles. The van der Waals surface area contributed by atoms with Crippen molar-refractivity contribution in [2.75, 3.05) is 13.7 Å². The SMILES string of the molecule is COCC(C)Oc1ccc([N+](=O)[O-])cc1C#N. The van der Waals surface area contributed by atoms with Crippen molar-refractivity contribution in [3.8, 4) is 11.8 Å². The maximum atomic E-state index is 10.5. The number of benzene rings is 1. The second kappa shape index (κ2) is 5.82. The number of non-ortho nitro benzene ring substituents is 1. The molecule has 0 spiro atoms. The van der Waals surface area contributed by atoms with Crippen LogP contribution in [-0.4, -0.2) is 24.7 Å². The first-order valence-electron chi connectivity index (χ1n) is 4.92. The molecular formula is C11H12N2O4. The van der Waals surface area contributed by atoms with Gasteiger partial charge in [0.2, 0.25) is 0 Å². The third-order valence-corrected chi connectivity index (χ3v) is 2.02. The fourth-order valence-electron chi connectivity index (χ4n) is 1.31. The van der Waals surface area contributed by atoms with Gasteiger partial charge in [-0.25, -0.2) is 0 Å². The largest absolute Gasteiger partial charge is 0.487 e. The maximum Gasteiger partial charge on any atom is 0.271 e. The van der Waals surface area contributed by atoms with E-state index in [4.69, 9.17) is 14.7 Å². The van der Waals surface area contributed by atoms with Gasteiger partial charge in [0.1, 0.15) is 23.5 Å². The van der Waals surface area contributed by atoms with Gasteiger partial charge >= 0.3 is 0 Å². The Hall–Kier alpha value is -2.13. The average molecular weight is 236 g/mol. The molecule has 6 nitrogen and oxygen atoms in total. The third kappa shape index (κ3) is 3.43. The lowest BCUT2D eigenvalue weighted by molar-refractivity contribution is -0.384. The lowest BCUT2D eigenvalue weighted by atomic mass is 10.2. The first-order valence-corrected chi connectivity index (χ1v) is 4.92. The van der Waals surface area contributed by atoms with Crippen LogP contribution in [0.4, 0.5) is 5.69 Å². The van der Waals surface area contributed by atoms with Gasteiger partial charge in [-0.3, -0.25) is 10.1 Å². The Morgan fingerprint density at radius 1 is 1.59 bits per heavy atom. The molecule has 1 unspecified atom stereocenters. The fourth-order valence-corrected chi connectivity index (χ4v) is 1.31. The first kappa shape index (κ1) is 12.9. The second-order valence-electron chi connectivity index (χ2n) is 3.43. The standard InChI is InChI=1S/C11H12N2O4/c1-8(7-16-2)17-11-4-3-10(13(14)15)5-9(11)6-12/h3-5,8H,7H2,1-2H3. The summed E-state index contributed by atoms with van der Waals surface area (Å²) in [5.41, 5.74) is 0.00967. The van der Waals surface area contributed by atoms with Crippen LogP contribution in [0.25, 0.3) is 0 Å². The molecule has 0 fully saturated rings. The first-order chi connectivity index (χ1) is 8.08. The van der Waals surface area contributed by atoms with Crippen molar-refractivity contribution in [2.24, 2.45) is 0 Å². The molecule has 0 aliphatic carbocycles.